The fraction of sp³-hybridized carbons (Fsp3) is 0.786. The van der Waals surface area contributed by atoms with Crippen molar-refractivity contribution in [2.75, 3.05) is 13.1 Å². The standard InChI is InChI=1S/C14H24N2O4/c1-4-9(2)12(14(19)20)15-13(18)11-6-5-7-16(8-11)10(3)17/h9,11-12H,4-8H2,1-3H3,(H,15,18)(H,19,20). The first-order valence-corrected chi connectivity index (χ1v) is 7.15. The van der Waals surface area contributed by atoms with Gasteiger partial charge in [0.05, 0.1) is 5.92 Å². The highest BCUT2D eigenvalue weighted by Crippen LogP contribution is 2.18. The van der Waals surface area contributed by atoms with Crippen LogP contribution in [-0.2, 0) is 14.4 Å². The number of nitrogens with zero attached hydrogens (tertiary/aromatic N) is 1. The van der Waals surface area contributed by atoms with Gasteiger partial charge in [-0.2, -0.15) is 0 Å². The summed E-state index contributed by atoms with van der Waals surface area (Å²) in [6.07, 6.45) is 2.16. The Bertz CT molecular complexity index is 383. The second-order valence-corrected chi connectivity index (χ2v) is 5.51. The number of hydrogen-bond acceptors (Lipinski definition) is 3. The van der Waals surface area contributed by atoms with Crippen LogP contribution in [0.25, 0.3) is 0 Å². The fourth-order valence-corrected chi connectivity index (χ4v) is 2.43. The van der Waals surface area contributed by atoms with Crippen molar-refractivity contribution >= 4 is 17.8 Å². The average molecular weight is 284 g/mol. The van der Waals surface area contributed by atoms with Gasteiger partial charge in [0, 0.05) is 20.0 Å². The zero-order chi connectivity index (χ0) is 15.3. The molecular weight excluding hydrogens is 260 g/mol. The van der Waals surface area contributed by atoms with Crippen molar-refractivity contribution in [2.45, 2.75) is 46.1 Å². The molecule has 6 heteroatoms. The summed E-state index contributed by atoms with van der Waals surface area (Å²) in [5.41, 5.74) is 0. The molecule has 1 saturated heterocycles. The van der Waals surface area contributed by atoms with Crippen LogP contribution in [0.15, 0.2) is 0 Å². The van der Waals surface area contributed by atoms with Gasteiger partial charge in [0.2, 0.25) is 11.8 Å². The number of rotatable bonds is 5. The van der Waals surface area contributed by atoms with Crippen LogP contribution in [0, 0.1) is 11.8 Å². The lowest BCUT2D eigenvalue weighted by Gasteiger charge is -2.32. The molecule has 0 aliphatic carbocycles. The highest BCUT2D eigenvalue weighted by Gasteiger charge is 2.31. The minimum absolute atomic E-state index is 0.0424. The van der Waals surface area contributed by atoms with Crippen LogP contribution in [0.3, 0.4) is 0 Å². The second-order valence-electron chi connectivity index (χ2n) is 5.51. The van der Waals surface area contributed by atoms with Crippen molar-refractivity contribution < 1.29 is 19.5 Å². The Labute approximate surface area is 119 Å². The molecule has 6 nitrogen and oxygen atoms in total. The lowest BCUT2D eigenvalue weighted by Crippen LogP contribution is -2.51. The summed E-state index contributed by atoms with van der Waals surface area (Å²) in [6, 6.07) is -0.861. The van der Waals surface area contributed by atoms with E-state index in [1.54, 1.807) is 4.90 Å². The Morgan fingerprint density at radius 1 is 1.40 bits per heavy atom. The van der Waals surface area contributed by atoms with E-state index in [1.807, 2.05) is 13.8 Å². The monoisotopic (exact) mass is 284 g/mol. The molecule has 0 bridgehead atoms. The highest BCUT2D eigenvalue weighted by atomic mass is 16.4. The third-order valence-corrected chi connectivity index (χ3v) is 4.01. The highest BCUT2D eigenvalue weighted by molar-refractivity contribution is 5.86. The van der Waals surface area contributed by atoms with Crippen molar-refractivity contribution in [2.24, 2.45) is 11.8 Å². The number of carbonyl (C=O) groups is 3. The smallest absolute Gasteiger partial charge is 0.326 e. The molecule has 0 saturated carbocycles. The number of hydrogen-bond donors (Lipinski definition) is 2. The van der Waals surface area contributed by atoms with E-state index in [0.717, 1.165) is 6.42 Å². The molecule has 1 aliphatic rings. The Morgan fingerprint density at radius 2 is 2.05 bits per heavy atom. The topological polar surface area (TPSA) is 86.7 Å². The number of likely N-dealkylation sites (tertiary alicyclic amines) is 1. The number of carboxylic acid groups (broad SMARTS) is 1. The predicted octanol–water partition coefficient (Wildman–Crippen LogP) is 0.860. The summed E-state index contributed by atoms with van der Waals surface area (Å²) >= 11 is 0. The largest absolute Gasteiger partial charge is 0.480 e. The maximum Gasteiger partial charge on any atom is 0.326 e. The predicted molar refractivity (Wildman–Crippen MR) is 74.0 cm³/mol. The van der Waals surface area contributed by atoms with Gasteiger partial charge < -0.3 is 15.3 Å². The van der Waals surface area contributed by atoms with Gasteiger partial charge in [0.1, 0.15) is 6.04 Å². The first-order valence-electron chi connectivity index (χ1n) is 7.15. The zero-order valence-electron chi connectivity index (χ0n) is 12.4. The molecule has 0 spiro atoms. The van der Waals surface area contributed by atoms with Crippen LogP contribution in [0.5, 0.6) is 0 Å². The first kappa shape index (κ1) is 16.5. The molecule has 0 radical (unpaired) electrons. The Balaban J connectivity index is 2.64. The second kappa shape index (κ2) is 7.26. The number of piperidine rings is 1. The van der Waals surface area contributed by atoms with Gasteiger partial charge in [-0.3, -0.25) is 9.59 Å². The minimum atomic E-state index is -1.01. The van der Waals surface area contributed by atoms with Gasteiger partial charge in [0.15, 0.2) is 0 Å². The summed E-state index contributed by atoms with van der Waals surface area (Å²) in [7, 11) is 0. The van der Waals surface area contributed by atoms with Gasteiger partial charge in [-0.15, -0.1) is 0 Å². The third kappa shape index (κ3) is 4.21. The fourth-order valence-electron chi connectivity index (χ4n) is 2.43. The van der Waals surface area contributed by atoms with E-state index >= 15 is 0 Å². The summed E-state index contributed by atoms with van der Waals surface area (Å²) < 4.78 is 0. The zero-order valence-corrected chi connectivity index (χ0v) is 12.4. The summed E-state index contributed by atoms with van der Waals surface area (Å²) in [5, 5.41) is 11.8. The van der Waals surface area contributed by atoms with Crippen molar-refractivity contribution in [1.29, 1.82) is 0 Å². The molecule has 2 N–H and O–H groups in total. The Kier molecular flexibility index (Phi) is 5.98. The van der Waals surface area contributed by atoms with Crippen molar-refractivity contribution in [3.8, 4) is 0 Å². The van der Waals surface area contributed by atoms with E-state index in [9.17, 15) is 19.5 Å². The van der Waals surface area contributed by atoms with Crippen molar-refractivity contribution in [1.82, 2.24) is 10.2 Å². The molecule has 114 valence electrons. The van der Waals surface area contributed by atoms with Crippen LogP contribution in [0.2, 0.25) is 0 Å². The summed E-state index contributed by atoms with van der Waals surface area (Å²) in [6.45, 7) is 6.24. The van der Waals surface area contributed by atoms with Crippen molar-refractivity contribution in [3.05, 3.63) is 0 Å². The summed E-state index contributed by atoms with van der Waals surface area (Å²) in [4.78, 5) is 36.4. The average Bonchev–Trinajstić information content (AvgIpc) is 2.43. The number of aliphatic carboxylic acids is 1. The molecule has 1 rings (SSSR count). The molecular formula is C14H24N2O4. The molecule has 1 aliphatic heterocycles. The normalized spacial score (nSPS) is 21.9. The quantitative estimate of drug-likeness (QED) is 0.784. The molecule has 0 aromatic carbocycles. The maximum atomic E-state index is 12.2. The SMILES string of the molecule is CCC(C)C(NC(=O)C1CCCN(C(C)=O)C1)C(=O)O. The van der Waals surface area contributed by atoms with Crippen molar-refractivity contribution in [3.63, 3.8) is 0 Å². The number of amides is 2. The van der Waals surface area contributed by atoms with Gasteiger partial charge >= 0.3 is 5.97 Å². The molecule has 0 aromatic heterocycles. The summed E-state index contributed by atoms with van der Waals surface area (Å²) in [5.74, 6) is -1.74. The molecule has 3 unspecified atom stereocenters. The number of nitrogens with one attached hydrogen (secondary N) is 1. The van der Waals surface area contributed by atoms with Gasteiger partial charge in [-0.1, -0.05) is 20.3 Å². The van der Waals surface area contributed by atoms with Crippen LogP contribution in [-0.4, -0.2) is 46.9 Å². The van der Waals surface area contributed by atoms with Crippen LogP contribution < -0.4 is 5.32 Å². The number of carboxylic acids is 1. The Hall–Kier alpha value is -1.59. The molecule has 1 heterocycles. The van der Waals surface area contributed by atoms with E-state index < -0.39 is 12.0 Å². The number of carbonyl (C=O) groups excluding carboxylic acids is 2. The molecule has 2 amide bonds. The van der Waals surface area contributed by atoms with Gasteiger partial charge in [-0.05, 0) is 18.8 Å². The van der Waals surface area contributed by atoms with E-state index in [2.05, 4.69) is 5.32 Å². The lowest BCUT2D eigenvalue weighted by atomic mass is 9.94. The van der Waals surface area contributed by atoms with Crippen LogP contribution in [0.4, 0.5) is 0 Å². The molecule has 3 atom stereocenters. The van der Waals surface area contributed by atoms with E-state index in [-0.39, 0.29) is 23.7 Å². The van der Waals surface area contributed by atoms with Gasteiger partial charge in [0.25, 0.3) is 0 Å². The van der Waals surface area contributed by atoms with E-state index in [0.29, 0.717) is 25.9 Å². The van der Waals surface area contributed by atoms with Gasteiger partial charge in [-0.25, -0.2) is 4.79 Å². The molecule has 20 heavy (non-hydrogen) atoms. The molecule has 0 aromatic rings. The lowest BCUT2D eigenvalue weighted by molar-refractivity contribution is -0.145. The van der Waals surface area contributed by atoms with E-state index in [1.165, 1.54) is 6.92 Å². The van der Waals surface area contributed by atoms with E-state index in [4.69, 9.17) is 0 Å². The third-order valence-electron chi connectivity index (χ3n) is 4.01. The van der Waals surface area contributed by atoms with Crippen LogP contribution >= 0.6 is 0 Å². The van der Waals surface area contributed by atoms with Crippen LogP contribution in [0.1, 0.15) is 40.0 Å². The molecule has 1 fully saturated rings. The first-order chi connectivity index (χ1) is 9.36. The minimum Gasteiger partial charge on any atom is -0.480 e. The maximum absolute atomic E-state index is 12.2. The Morgan fingerprint density at radius 3 is 2.55 bits per heavy atom.